The Bertz CT molecular complexity index is 607. The van der Waals surface area contributed by atoms with Gasteiger partial charge in [-0.3, -0.25) is 4.79 Å². The molecular formula is C17H16ClNO. The van der Waals surface area contributed by atoms with Crippen molar-refractivity contribution in [2.75, 3.05) is 0 Å². The second kappa shape index (κ2) is 5.68. The highest BCUT2D eigenvalue weighted by atomic mass is 35.5. The number of rotatable bonds is 4. The van der Waals surface area contributed by atoms with E-state index in [2.05, 4.69) is 17.4 Å². The van der Waals surface area contributed by atoms with Gasteiger partial charge in [-0.15, -0.1) is 0 Å². The van der Waals surface area contributed by atoms with Gasteiger partial charge in [0.1, 0.15) is 0 Å². The summed E-state index contributed by atoms with van der Waals surface area (Å²) in [4.78, 5) is 12.4. The van der Waals surface area contributed by atoms with E-state index in [1.807, 2.05) is 30.3 Å². The molecule has 2 aromatic rings. The summed E-state index contributed by atoms with van der Waals surface area (Å²) in [5.74, 6) is 0.445. The fraction of sp³-hybridized carbons (Fsp3) is 0.235. The molecule has 1 aliphatic rings. The van der Waals surface area contributed by atoms with Gasteiger partial charge >= 0.3 is 0 Å². The molecule has 1 N–H and O–H groups in total. The standard InChI is InChI=1S/C17H16ClNO/c18-15-9-5-4-8-14(15)17(20)19-16(13-10-11-13)12-6-2-1-3-7-12/h1-9,13,16H,10-11H2,(H,19,20). The van der Waals surface area contributed by atoms with Crippen LogP contribution in [0, 0.1) is 5.92 Å². The molecule has 2 aromatic carbocycles. The molecule has 3 rings (SSSR count). The molecule has 0 spiro atoms. The van der Waals surface area contributed by atoms with Gasteiger partial charge in [-0.2, -0.15) is 0 Å². The van der Waals surface area contributed by atoms with Crippen LogP contribution in [0.4, 0.5) is 0 Å². The van der Waals surface area contributed by atoms with Crippen LogP contribution in [-0.4, -0.2) is 5.91 Å². The molecule has 0 saturated heterocycles. The van der Waals surface area contributed by atoms with Crippen LogP contribution >= 0.6 is 11.6 Å². The molecule has 1 saturated carbocycles. The Balaban J connectivity index is 1.81. The van der Waals surface area contributed by atoms with Crippen LogP contribution in [-0.2, 0) is 0 Å². The lowest BCUT2D eigenvalue weighted by atomic mass is 10.0. The molecule has 0 heterocycles. The minimum Gasteiger partial charge on any atom is -0.345 e. The first-order valence-electron chi connectivity index (χ1n) is 6.86. The highest BCUT2D eigenvalue weighted by Gasteiger charge is 2.33. The lowest BCUT2D eigenvalue weighted by Crippen LogP contribution is -2.30. The van der Waals surface area contributed by atoms with E-state index < -0.39 is 0 Å². The van der Waals surface area contributed by atoms with Crippen molar-refractivity contribution in [2.45, 2.75) is 18.9 Å². The van der Waals surface area contributed by atoms with E-state index >= 15 is 0 Å². The maximum absolute atomic E-state index is 12.4. The van der Waals surface area contributed by atoms with E-state index in [0.29, 0.717) is 16.5 Å². The van der Waals surface area contributed by atoms with Crippen LogP contribution in [0.15, 0.2) is 54.6 Å². The molecule has 0 aromatic heterocycles. The molecule has 102 valence electrons. The molecule has 20 heavy (non-hydrogen) atoms. The van der Waals surface area contributed by atoms with Gasteiger partial charge in [-0.25, -0.2) is 0 Å². The number of benzene rings is 2. The predicted octanol–water partition coefficient (Wildman–Crippen LogP) is 4.22. The lowest BCUT2D eigenvalue weighted by Gasteiger charge is -2.19. The SMILES string of the molecule is O=C(NC(c1ccccc1)C1CC1)c1ccccc1Cl. The Labute approximate surface area is 123 Å². The van der Waals surface area contributed by atoms with E-state index in [1.54, 1.807) is 12.1 Å². The number of carbonyl (C=O) groups is 1. The molecule has 2 nitrogen and oxygen atoms in total. The third-order valence-corrected chi connectivity index (χ3v) is 3.99. The van der Waals surface area contributed by atoms with Gasteiger partial charge in [0, 0.05) is 0 Å². The summed E-state index contributed by atoms with van der Waals surface area (Å²) >= 11 is 6.08. The summed E-state index contributed by atoms with van der Waals surface area (Å²) in [6, 6.07) is 17.4. The van der Waals surface area contributed by atoms with E-state index in [9.17, 15) is 4.79 Å². The van der Waals surface area contributed by atoms with Crippen molar-refractivity contribution >= 4 is 17.5 Å². The van der Waals surface area contributed by atoms with E-state index in [1.165, 1.54) is 12.8 Å². The molecular weight excluding hydrogens is 270 g/mol. The average molecular weight is 286 g/mol. The largest absolute Gasteiger partial charge is 0.345 e. The number of amides is 1. The molecule has 1 fully saturated rings. The highest BCUT2D eigenvalue weighted by molar-refractivity contribution is 6.33. The quantitative estimate of drug-likeness (QED) is 0.895. The molecule has 1 atom stereocenters. The van der Waals surface area contributed by atoms with Crippen LogP contribution in [0.2, 0.25) is 5.02 Å². The smallest absolute Gasteiger partial charge is 0.253 e. The summed E-state index contributed by atoms with van der Waals surface area (Å²) in [7, 11) is 0. The predicted molar refractivity (Wildman–Crippen MR) is 80.8 cm³/mol. The summed E-state index contributed by atoms with van der Waals surface area (Å²) in [5.41, 5.74) is 1.70. The van der Waals surface area contributed by atoms with Crippen molar-refractivity contribution in [1.82, 2.24) is 5.32 Å². The zero-order chi connectivity index (χ0) is 13.9. The first kappa shape index (κ1) is 13.2. The summed E-state index contributed by atoms with van der Waals surface area (Å²) in [6.07, 6.45) is 2.34. The van der Waals surface area contributed by atoms with Crippen molar-refractivity contribution in [2.24, 2.45) is 5.92 Å². The second-order valence-electron chi connectivity index (χ2n) is 5.18. The van der Waals surface area contributed by atoms with Gasteiger partial charge in [-0.1, -0.05) is 54.1 Å². The minimum absolute atomic E-state index is 0.0833. The van der Waals surface area contributed by atoms with Crippen LogP contribution < -0.4 is 5.32 Å². The van der Waals surface area contributed by atoms with Crippen molar-refractivity contribution in [3.63, 3.8) is 0 Å². The fourth-order valence-electron chi connectivity index (χ4n) is 2.43. The Morgan fingerprint density at radius 2 is 1.70 bits per heavy atom. The average Bonchev–Trinajstić information content (AvgIpc) is 3.30. The van der Waals surface area contributed by atoms with Crippen molar-refractivity contribution in [3.05, 3.63) is 70.7 Å². The zero-order valence-corrected chi connectivity index (χ0v) is 11.8. The monoisotopic (exact) mass is 285 g/mol. The Morgan fingerprint density at radius 1 is 1.05 bits per heavy atom. The Morgan fingerprint density at radius 3 is 2.35 bits per heavy atom. The molecule has 1 unspecified atom stereocenters. The van der Waals surface area contributed by atoms with Gasteiger partial charge in [0.25, 0.3) is 5.91 Å². The van der Waals surface area contributed by atoms with Gasteiger partial charge in [-0.05, 0) is 36.5 Å². The van der Waals surface area contributed by atoms with Crippen LogP contribution in [0.3, 0.4) is 0 Å². The first-order valence-corrected chi connectivity index (χ1v) is 7.24. The topological polar surface area (TPSA) is 29.1 Å². The number of hydrogen-bond donors (Lipinski definition) is 1. The molecule has 0 bridgehead atoms. The molecule has 0 radical (unpaired) electrons. The van der Waals surface area contributed by atoms with Gasteiger partial charge in [0.15, 0.2) is 0 Å². The highest BCUT2D eigenvalue weighted by Crippen LogP contribution is 2.41. The fourth-order valence-corrected chi connectivity index (χ4v) is 2.65. The number of hydrogen-bond acceptors (Lipinski definition) is 1. The third-order valence-electron chi connectivity index (χ3n) is 3.66. The molecule has 1 amide bonds. The zero-order valence-electron chi connectivity index (χ0n) is 11.1. The maximum Gasteiger partial charge on any atom is 0.253 e. The van der Waals surface area contributed by atoms with Crippen LogP contribution in [0.5, 0.6) is 0 Å². The summed E-state index contributed by atoms with van der Waals surface area (Å²) in [5, 5.41) is 3.62. The van der Waals surface area contributed by atoms with E-state index in [4.69, 9.17) is 11.6 Å². The lowest BCUT2D eigenvalue weighted by molar-refractivity contribution is 0.0932. The van der Waals surface area contributed by atoms with E-state index in [-0.39, 0.29) is 11.9 Å². The van der Waals surface area contributed by atoms with E-state index in [0.717, 1.165) is 5.56 Å². The number of halogens is 1. The number of carbonyl (C=O) groups excluding carboxylic acids is 1. The van der Waals surface area contributed by atoms with Gasteiger partial charge < -0.3 is 5.32 Å². The Hall–Kier alpha value is -1.80. The van der Waals surface area contributed by atoms with Crippen LogP contribution in [0.1, 0.15) is 34.8 Å². The summed E-state index contributed by atoms with van der Waals surface area (Å²) in [6.45, 7) is 0. The van der Waals surface area contributed by atoms with Crippen LogP contribution in [0.25, 0.3) is 0 Å². The number of nitrogens with one attached hydrogen (secondary N) is 1. The minimum atomic E-state index is -0.101. The summed E-state index contributed by atoms with van der Waals surface area (Å²) < 4.78 is 0. The molecule has 1 aliphatic carbocycles. The van der Waals surface area contributed by atoms with Crippen molar-refractivity contribution in [3.8, 4) is 0 Å². The third kappa shape index (κ3) is 2.86. The van der Waals surface area contributed by atoms with Gasteiger partial charge in [0.05, 0.1) is 16.6 Å². The second-order valence-corrected chi connectivity index (χ2v) is 5.59. The molecule has 3 heteroatoms. The van der Waals surface area contributed by atoms with Crippen molar-refractivity contribution < 1.29 is 4.79 Å². The maximum atomic E-state index is 12.4. The van der Waals surface area contributed by atoms with Gasteiger partial charge in [0.2, 0.25) is 0 Å². The first-order chi connectivity index (χ1) is 9.75. The normalized spacial score (nSPS) is 15.7. The Kier molecular flexibility index (Phi) is 3.75. The van der Waals surface area contributed by atoms with Crippen molar-refractivity contribution in [1.29, 1.82) is 0 Å². The molecule has 0 aliphatic heterocycles.